The molecule has 0 aromatic heterocycles. The number of carbonyl (C=O) groups excluding carboxylic acids is 1. The van der Waals surface area contributed by atoms with E-state index in [0.29, 0.717) is 11.9 Å². The van der Waals surface area contributed by atoms with Crippen molar-refractivity contribution in [1.82, 2.24) is 10.2 Å². The Balaban J connectivity index is 1.74. The SMILES string of the molecule is CC1(C)CCCCC1C(=O)N1CC[C@H]2CNC[C@H]21. The van der Waals surface area contributed by atoms with E-state index in [1.807, 2.05) is 0 Å². The van der Waals surface area contributed by atoms with Gasteiger partial charge in [-0.1, -0.05) is 26.7 Å². The molecule has 1 saturated carbocycles. The topological polar surface area (TPSA) is 32.3 Å². The molecule has 0 bridgehead atoms. The lowest BCUT2D eigenvalue weighted by Crippen LogP contribution is -2.47. The molecule has 2 saturated heterocycles. The Bertz CT molecular complexity index is 339. The maximum Gasteiger partial charge on any atom is 0.226 e. The van der Waals surface area contributed by atoms with Crippen molar-refractivity contribution in [2.45, 2.75) is 52.0 Å². The number of hydrogen-bond acceptors (Lipinski definition) is 2. The Morgan fingerprint density at radius 3 is 2.83 bits per heavy atom. The Morgan fingerprint density at radius 2 is 2.06 bits per heavy atom. The Labute approximate surface area is 110 Å². The molecule has 2 aliphatic heterocycles. The van der Waals surface area contributed by atoms with Crippen LogP contribution in [-0.2, 0) is 4.79 Å². The van der Waals surface area contributed by atoms with E-state index in [-0.39, 0.29) is 11.3 Å². The Hall–Kier alpha value is -0.570. The van der Waals surface area contributed by atoms with Gasteiger partial charge in [0.1, 0.15) is 0 Å². The first-order valence-electron chi connectivity index (χ1n) is 7.61. The van der Waals surface area contributed by atoms with Crippen LogP contribution in [0.15, 0.2) is 0 Å². The normalized spacial score (nSPS) is 38.8. The van der Waals surface area contributed by atoms with Gasteiger partial charge in [-0.05, 0) is 30.6 Å². The second-order valence-electron chi connectivity index (χ2n) is 7.09. The Morgan fingerprint density at radius 1 is 1.22 bits per heavy atom. The van der Waals surface area contributed by atoms with Crippen LogP contribution >= 0.6 is 0 Å². The van der Waals surface area contributed by atoms with Crippen LogP contribution in [0, 0.1) is 17.3 Å². The van der Waals surface area contributed by atoms with Gasteiger partial charge in [0, 0.05) is 31.6 Å². The van der Waals surface area contributed by atoms with E-state index in [4.69, 9.17) is 0 Å². The summed E-state index contributed by atoms with van der Waals surface area (Å²) in [7, 11) is 0. The molecule has 3 nitrogen and oxygen atoms in total. The van der Waals surface area contributed by atoms with Gasteiger partial charge < -0.3 is 10.2 Å². The molecule has 1 amide bonds. The summed E-state index contributed by atoms with van der Waals surface area (Å²) >= 11 is 0. The van der Waals surface area contributed by atoms with Crippen LogP contribution in [0.4, 0.5) is 0 Å². The molecule has 1 unspecified atom stereocenters. The van der Waals surface area contributed by atoms with Gasteiger partial charge in [0.2, 0.25) is 5.91 Å². The number of likely N-dealkylation sites (tertiary alicyclic amines) is 1. The smallest absolute Gasteiger partial charge is 0.226 e. The van der Waals surface area contributed by atoms with E-state index in [0.717, 1.165) is 32.0 Å². The highest BCUT2D eigenvalue weighted by Crippen LogP contribution is 2.42. The number of nitrogens with one attached hydrogen (secondary N) is 1. The van der Waals surface area contributed by atoms with Crippen molar-refractivity contribution in [2.75, 3.05) is 19.6 Å². The van der Waals surface area contributed by atoms with Gasteiger partial charge in [-0.25, -0.2) is 0 Å². The first-order chi connectivity index (χ1) is 8.59. The zero-order valence-corrected chi connectivity index (χ0v) is 11.7. The molecule has 0 aromatic rings. The first kappa shape index (κ1) is 12.5. The monoisotopic (exact) mass is 250 g/mol. The van der Waals surface area contributed by atoms with Crippen LogP contribution in [0.1, 0.15) is 46.0 Å². The molecular weight excluding hydrogens is 224 g/mol. The minimum atomic E-state index is 0.208. The fraction of sp³-hybridized carbons (Fsp3) is 0.933. The molecule has 1 aliphatic carbocycles. The molecule has 0 aromatic carbocycles. The van der Waals surface area contributed by atoms with Crippen molar-refractivity contribution in [3.05, 3.63) is 0 Å². The zero-order valence-electron chi connectivity index (χ0n) is 11.7. The predicted molar refractivity (Wildman–Crippen MR) is 72.2 cm³/mol. The highest BCUT2D eigenvalue weighted by molar-refractivity contribution is 5.80. The molecule has 0 spiro atoms. The predicted octanol–water partition coefficient (Wildman–Crippen LogP) is 2.02. The first-order valence-corrected chi connectivity index (χ1v) is 7.61. The molecule has 2 heterocycles. The summed E-state index contributed by atoms with van der Waals surface area (Å²) in [6.07, 6.45) is 6.05. The van der Waals surface area contributed by atoms with Gasteiger partial charge in [0.25, 0.3) is 0 Å². The summed E-state index contributed by atoms with van der Waals surface area (Å²) in [6.45, 7) is 7.71. The van der Waals surface area contributed by atoms with Gasteiger partial charge in [-0.15, -0.1) is 0 Å². The number of rotatable bonds is 1. The molecule has 3 fully saturated rings. The van der Waals surface area contributed by atoms with Gasteiger partial charge in [-0.3, -0.25) is 4.79 Å². The zero-order chi connectivity index (χ0) is 12.8. The van der Waals surface area contributed by atoms with E-state index in [1.54, 1.807) is 0 Å². The van der Waals surface area contributed by atoms with Crippen LogP contribution in [-0.4, -0.2) is 36.5 Å². The number of nitrogens with zero attached hydrogens (tertiary/aromatic N) is 1. The van der Waals surface area contributed by atoms with Crippen LogP contribution in [0.5, 0.6) is 0 Å². The lowest BCUT2D eigenvalue weighted by atomic mass is 9.68. The van der Waals surface area contributed by atoms with Crippen LogP contribution < -0.4 is 5.32 Å². The van der Waals surface area contributed by atoms with Crippen molar-refractivity contribution >= 4 is 5.91 Å². The molecule has 3 aliphatic rings. The highest BCUT2D eigenvalue weighted by atomic mass is 16.2. The molecule has 1 N–H and O–H groups in total. The summed E-state index contributed by atoms with van der Waals surface area (Å²) in [5.41, 5.74) is 0.208. The van der Waals surface area contributed by atoms with E-state index < -0.39 is 0 Å². The van der Waals surface area contributed by atoms with Gasteiger partial charge in [0.05, 0.1) is 0 Å². The van der Waals surface area contributed by atoms with E-state index >= 15 is 0 Å². The molecule has 3 atom stereocenters. The van der Waals surface area contributed by atoms with Crippen molar-refractivity contribution in [3.8, 4) is 0 Å². The average Bonchev–Trinajstić information content (AvgIpc) is 2.89. The summed E-state index contributed by atoms with van der Waals surface area (Å²) in [4.78, 5) is 15.1. The number of carbonyl (C=O) groups is 1. The summed E-state index contributed by atoms with van der Waals surface area (Å²) in [5.74, 6) is 1.45. The molecule has 3 heteroatoms. The fourth-order valence-corrected chi connectivity index (χ4v) is 4.27. The average molecular weight is 250 g/mol. The second-order valence-corrected chi connectivity index (χ2v) is 7.09. The largest absolute Gasteiger partial charge is 0.338 e. The lowest BCUT2D eigenvalue weighted by Gasteiger charge is -2.40. The third-order valence-corrected chi connectivity index (χ3v) is 5.53. The number of fused-ring (bicyclic) bond motifs is 1. The van der Waals surface area contributed by atoms with Crippen LogP contribution in [0.3, 0.4) is 0 Å². The van der Waals surface area contributed by atoms with Crippen LogP contribution in [0.25, 0.3) is 0 Å². The molecule has 0 radical (unpaired) electrons. The van der Waals surface area contributed by atoms with E-state index in [1.165, 1.54) is 25.7 Å². The molecular formula is C15H26N2O. The van der Waals surface area contributed by atoms with Crippen molar-refractivity contribution in [1.29, 1.82) is 0 Å². The van der Waals surface area contributed by atoms with Crippen molar-refractivity contribution in [2.24, 2.45) is 17.3 Å². The minimum absolute atomic E-state index is 0.208. The summed E-state index contributed by atoms with van der Waals surface area (Å²) in [6, 6.07) is 0.496. The Kier molecular flexibility index (Phi) is 3.13. The third-order valence-electron chi connectivity index (χ3n) is 5.53. The number of hydrogen-bond donors (Lipinski definition) is 1. The maximum atomic E-state index is 12.9. The van der Waals surface area contributed by atoms with E-state index in [2.05, 4.69) is 24.1 Å². The highest BCUT2D eigenvalue weighted by Gasteiger charge is 2.45. The minimum Gasteiger partial charge on any atom is -0.338 e. The fourth-order valence-electron chi connectivity index (χ4n) is 4.27. The maximum absolute atomic E-state index is 12.9. The summed E-state index contributed by atoms with van der Waals surface area (Å²) < 4.78 is 0. The van der Waals surface area contributed by atoms with Gasteiger partial charge in [-0.2, -0.15) is 0 Å². The number of amides is 1. The van der Waals surface area contributed by atoms with E-state index in [9.17, 15) is 4.79 Å². The van der Waals surface area contributed by atoms with Crippen LogP contribution in [0.2, 0.25) is 0 Å². The quantitative estimate of drug-likeness (QED) is 0.772. The van der Waals surface area contributed by atoms with Crippen molar-refractivity contribution in [3.63, 3.8) is 0 Å². The van der Waals surface area contributed by atoms with Gasteiger partial charge in [0.15, 0.2) is 0 Å². The molecule has 102 valence electrons. The standard InChI is InChI=1S/C15H26N2O/c1-15(2)7-4-3-5-12(15)14(18)17-8-6-11-9-16-10-13(11)17/h11-13,16H,3-10H2,1-2H3/t11-,12?,13+/m0/s1. The van der Waals surface area contributed by atoms with Crippen molar-refractivity contribution < 1.29 is 4.79 Å². The third kappa shape index (κ3) is 1.97. The second kappa shape index (κ2) is 4.52. The molecule has 18 heavy (non-hydrogen) atoms. The van der Waals surface area contributed by atoms with Gasteiger partial charge >= 0.3 is 0 Å². The molecule has 3 rings (SSSR count). The summed E-state index contributed by atoms with van der Waals surface area (Å²) in [5, 5.41) is 3.44. The lowest BCUT2D eigenvalue weighted by molar-refractivity contribution is -0.142.